The molecule has 1 aliphatic rings. The Morgan fingerprint density at radius 1 is 1.22 bits per heavy atom. The van der Waals surface area contributed by atoms with Crippen LogP contribution in [0.2, 0.25) is 10.0 Å². The van der Waals surface area contributed by atoms with Gasteiger partial charge in [0.15, 0.2) is 9.84 Å². The summed E-state index contributed by atoms with van der Waals surface area (Å²) in [5.41, 5.74) is 1.22. The minimum absolute atomic E-state index is 0.0259. The van der Waals surface area contributed by atoms with Gasteiger partial charge in [0.1, 0.15) is 0 Å². The van der Waals surface area contributed by atoms with Crippen molar-refractivity contribution in [3.05, 3.63) is 52.3 Å². The fraction of sp³-hybridized carbons (Fsp3) is 0.375. The minimum atomic E-state index is -3.47. The number of hydrogen-bond acceptors (Lipinski definition) is 3. The molecule has 7 heteroatoms. The minimum Gasteiger partial charge on any atom is -0.349 e. The zero-order chi connectivity index (χ0) is 16.6. The third-order valence-electron chi connectivity index (χ3n) is 4.34. The van der Waals surface area contributed by atoms with Crippen LogP contribution < -0.4 is 0 Å². The van der Waals surface area contributed by atoms with Crippen LogP contribution in [0.15, 0.2) is 41.4 Å². The summed E-state index contributed by atoms with van der Waals surface area (Å²) in [6, 6.07) is 8.83. The number of aromatic nitrogens is 1. The Kier molecular flexibility index (Phi) is 4.74. The molecule has 0 fully saturated rings. The molecule has 23 heavy (non-hydrogen) atoms. The Morgan fingerprint density at radius 3 is 2.78 bits per heavy atom. The highest BCUT2D eigenvalue weighted by atomic mass is 35.5. The molecule has 0 aliphatic carbocycles. The topological polar surface area (TPSA) is 42.3 Å². The molecule has 1 atom stereocenters. The summed E-state index contributed by atoms with van der Waals surface area (Å²) in [4.78, 5) is 2.30. The van der Waals surface area contributed by atoms with E-state index in [1.807, 2.05) is 6.07 Å². The summed E-state index contributed by atoms with van der Waals surface area (Å²) in [6.07, 6.45) is 2.06. The second-order valence-corrected chi connectivity index (χ2v) is 8.65. The summed E-state index contributed by atoms with van der Waals surface area (Å²) in [6.45, 7) is 4.29. The number of sulfone groups is 1. The van der Waals surface area contributed by atoms with E-state index in [-0.39, 0.29) is 21.7 Å². The molecule has 2 aromatic rings. The standard InChI is InChI=1S/C16H18Cl2N2O2S/c1-12-15-3-2-6-20(15)8-7-19(12)9-10-23(21,22)16-11-13(17)4-5-14(16)18/h2-6,11-12H,7-10H2,1H3/t12-/m1/s1. The predicted octanol–water partition coefficient (Wildman–Crippen LogP) is 3.65. The molecule has 1 aliphatic heterocycles. The van der Waals surface area contributed by atoms with Gasteiger partial charge in [-0.05, 0) is 37.3 Å². The van der Waals surface area contributed by atoms with Gasteiger partial charge in [-0.15, -0.1) is 0 Å². The van der Waals surface area contributed by atoms with E-state index in [0.717, 1.165) is 13.1 Å². The molecular weight excluding hydrogens is 355 g/mol. The highest BCUT2D eigenvalue weighted by Crippen LogP contribution is 2.28. The molecule has 124 valence electrons. The quantitative estimate of drug-likeness (QED) is 0.822. The SMILES string of the molecule is C[C@@H]1c2cccn2CCN1CCS(=O)(=O)c1cc(Cl)ccc1Cl. The van der Waals surface area contributed by atoms with E-state index in [2.05, 4.69) is 28.7 Å². The van der Waals surface area contributed by atoms with Crippen LogP contribution >= 0.6 is 23.2 Å². The van der Waals surface area contributed by atoms with Crippen LogP contribution in [-0.2, 0) is 16.4 Å². The number of fused-ring (bicyclic) bond motifs is 1. The zero-order valence-corrected chi connectivity index (χ0v) is 15.1. The van der Waals surface area contributed by atoms with Crippen molar-refractivity contribution >= 4 is 33.0 Å². The number of halogens is 2. The third kappa shape index (κ3) is 3.43. The Balaban J connectivity index is 1.74. The van der Waals surface area contributed by atoms with Crippen molar-refractivity contribution in [2.75, 3.05) is 18.8 Å². The summed E-state index contributed by atoms with van der Waals surface area (Å²) >= 11 is 11.9. The summed E-state index contributed by atoms with van der Waals surface area (Å²) in [5.74, 6) is 0.0259. The van der Waals surface area contributed by atoms with Crippen molar-refractivity contribution < 1.29 is 8.42 Å². The average Bonchev–Trinajstić information content (AvgIpc) is 2.98. The van der Waals surface area contributed by atoms with Gasteiger partial charge in [-0.25, -0.2) is 8.42 Å². The maximum Gasteiger partial charge on any atom is 0.181 e. The van der Waals surface area contributed by atoms with Gasteiger partial charge < -0.3 is 4.57 Å². The van der Waals surface area contributed by atoms with Crippen LogP contribution in [0.3, 0.4) is 0 Å². The molecule has 0 radical (unpaired) electrons. The Bertz CT molecular complexity index is 817. The van der Waals surface area contributed by atoms with Gasteiger partial charge in [0, 0.05) is 42.6 Å². The van der Waals surface area contributed by atoms with Crippen molar-refractivity contribution in [2.45, 2.75) is 24.4 Å². The predicted molar refractivity (Wildman–Crippen MR) is 92.9 cm³/mol. The highest BCUT2D eigenvalue weighted by molar-refractivity contribution is 7.91. The van der Waals surface area contributed by atoms with Crippen molar-refractivity contribution in [1.82, 2.24) is 9.47 Å². The second-order valence-electron chi connectivity index (χ2n) is 5.73. The van der Waals surface area contributed by atoms with E-state index in [9.17, 15) is 8.42 Å². The summed E-state index contributed by atoms with van der Waals surface area (Å²) < 4.78 is 27.4. The van der Waals surface area contributed by atoms with E-state index >= 15 is 0 Å². The molecule has 0 bridgehead atoms. The molecule has 0 spiro atoms. The van der Waals surface area contributed by atoms with Crippen LogP contribution in [0.4, 0.5) is 0 Å². The van der Waals surface area contributed by atoms with E-state index in [4.69, 9.17) is 23.2 Å². The first-order valence-electron chi connectivity index (χ1n) is 7.45. The number of rotatable bonds is 4. The lowest BCUT2D eigenvalue weighted by Gasteiger charge is -2.34. The molecule has 2 heterocycles. The van der Waals surface area contributed by atoms with E-state index < -0.39 is 9.84 Å². The number of benzene rings is 1. The second kappa shape index (κ2) is 6.48. The lowest BCUT2D eigenvalue weighted by Crippen LogP contribution is -2.39. The van der Waals surface area contributed by atoms with Gasteiger partial charge in [0.05, 0.1) is 15.7 Å². The highest BCUT2D eigenvalue weighted by Gasteiger charge is 2.26. The molecule has 0 saturated carbocycles. The van der Waals surface area contributed by atoms with Gasteiger partial charge in [-0.1, -0.05) is 23.2 Å². The molecule has 0 unspecified atom stereocenters. The molecule has 0 saturated heterocycles. The van der Waals surface area contributed by atoms with Crippen LogP contribution in [0.1, 0.15) is 18.7 Å². The monoisotopic (exact) mass is 372 g/mol. The number of nitrogens with zero attached hydrogens (tertiary/aromatic N) is 2. The molecule has 0 N–H and O–H groups in total. The lowest BCUT2D eigenvalue weighted by molar-refractivity contribution is 0.179. The van der Waals surface area contributed by atoms with Crippen molar-refractivity contribution in [1.29, 1.82) is 0 Å². The Labute approximate surface area is 146 Å². The van der Waals surface area contributed by atoms with E-state index in [0.29, 0.717) is 11.6 Å². The van der Waals surface area contributed by atoms with Gasteiger partial charge in [-0.3, -0.25) is 4.90 Å². The van der Waals surface area contributed by atoms with Crippen LogP contribution in [0.25, 0.3) is 0 Å². The normalized spacial score (nSPS) is 18.8. The zero-order valence-electron chi connectivity index (χ0n) is 12.7. The maximum absolute atomic E-state index is 12.6. The Morgan fingerprint density at radius 2 is 2.00 bits per heavy atom. The molecule has 0 amide bonds. The fourth-order valence-corrected chi connectivity index (χ4v) is 5.07. The van der Waals surface area contributed by atoms with Gasteiger partial charge in [-0.2, -0.15) is 0 Å². The van der Waals surface area contributed by atoms with E-state index in [1.54, 1.807) is 6.07 Å². The van der Waals surface area contributed by atoms with Gasteiger partial charge in [0.2, 0.25) is 0 Å². The molecule has 4 nitrogen and oxygen atoms in total. The van der Waals surface area contributed by atoms with Gasteiger partial charge >= 0.3 is 0 Å². The Hall–Kier alpha value is -1.01. The summed E-state index contributed by atoms with van der Waals surface area (Å²) in [7, 11) is -3.47. The van der Waals surface area contributed by atoms with Crippen LogP contribution in [0.5, 0.6) is 0 Å². The summed E-state index contributed by atoms with van der Waals surface area (Å²) in [5, 5.41) is 0.590. The smallest absolute Gasteiger partial charge is 0.181 e. The van der Waals surface area contributed by atoms with Crippen LogP contribution in [-0.4, -0.2) is 36.7 Å². The van der Waals surface area contributed by atoms with Crippen molar-refractivity contribution in [3.8, 4) is 0 Å². The van der Waals surface area contributed by atoms with Gasteiger partial charge in [0.25, 0.3) is 0 Å². The molecule has 1 aromatic heterocycles. The lowest BCUT2D eigenvalue weighted by atomic mass is 10.1. The largest absolute Gasteiger partial charge is 0.349 e. The first kappa shape index (κ1) is 16.8. The van der Waals surface area contributed by atoms with E-state index in [1.165, 1.54) is 17.8 Å². The maximum atomic E-state index is 12.6. The average molecular weight is 373 g/mol. The number of hydrogen-bond donors (Lipinski definition) is 0. The molecular formula is C16H18Cl2N2O2S. The first-order chi connectivity index (χ1) is 10.9. The third-order valence-corrected chi connectivity index (χ3v) is 6.75. The molecule has 3 rings (SSSR count). The van der Waals surface area contributed by atoms with Crippen LogP contribution in [0, 0.1) is 0 Å². The fourth-order valence-electron chi connectivity index (χ4n) is 3.00. The molecule has 1 aromatic carbocycles. The van der Waals surface area contributed by atoms with Crippen molar-refractivity contribution in [2.24, 2.45) is 0 Å². The first-order valence-corrected chi connectivity index (χ1v) is 9.86. The van der Waals surface area contributed by atoms with Crippen molar-refractivity contribution in [3.63, 3.8) is 0 Å².